The Morgan fingerprint density at radius 1 is 1.23 bits per heavy atom. The second kappa shape index (κ2) is 8.10. The van der Waals surface area contributed by atoms with Crippen LogP contribution in [0.15, 0.2) is 48.5 Å². The molecule has 1 heterocycles. The van der Waals surface area contributed by atoms with Crippen molar-refractivity contribution in [2.75, 3.05) is 24.7 Å². The maximum absolute atomic E-state index is 13.2. The lowest BCUT2D eigenvalue weighted by molar-refractivity contribution is 0.0951. The Labute approximate surface area is 151 Å². The normalized spacial score (nSPS) is 15.0. The molecule has 5 nitrogen and oxygen atoms in total. The second-order valence-corrected chi connectivity index (χ2v) is 6.15. The lowest BCUT2D eigenvalue weighted by Crippen LogP contribution is -2.23. The molecule has 26 heavy (non-hydrogen) atoms. The van der Waals surface area contributed by atoms with E-state index in [4.69, 9.17) is 9.84 Å². The van der Waals surface area contributed by atoms with Crippen molar-refractivity contribution in [1.82, 2.24) is 0 Å². The van der Waals surface area contributed by atoms with E-state index in [1.165, 1.54) is 17.0 Å². The molecule has 1 unspecified atom stereocenters. The SMILES string of the molecule is O=C(c1cccc(N2CCOC2=O)c1)C(CCCO)c1ccc(F)cc1. The van der Waals surface area contributed by atoms with Crippen LogP contribution < -0.4 is 4.90 Å². The Morgan fingerprint density at radius 3 is 2.65 bits per heavy atom. The van der Waals surface area contributed by atoms with Crippen LogP contribution in [-0.4, -0.2) is 36.7 Å². The van der Waals surface area contributed by atoms with E-state index in [0.717, 1.165) is 0 Å². The average Bonchev–Trinajstić information content (AvgIpc) is 3.09. The average molecular weight is 357 g/mol. The number of ether oxygens (including phenoxy) is 1. The highest BCUT2D eigenvalue weighted by atomic mass is 19.1. The summed E-state index contributed by atoms with van der Waals surface area (Å²) in [6, 6.07) is 12.7. The van der Waals surface area contributed by atoms with Gasteiger partial charge in [-0.05, 0) is 42.7 Å². The number of hydrogen-bond donors (Lipinski definition) is 1. The predicted octanol–water partition coefficient (Wildman–Crippen LogP) is 3.52. The van der Waals surface area contributed by atoms with Gasteiger partial charge in [-0.2, -0.15) is 0 Å². The highest BCUT2D eigenvalue weighted by molar-refractivity contribution is 6.02. The summed E-state index contributed by atoms with van der Waals surface area (Å²) < 4.78 is 18.2. The van der Waals surface area contributed by atoms with Gasteiger partial charge in [-0.3, -0.25) is 9.69 Å². The zero-order chi connectivity index (χ0) is 18.5. The fraction of sp³-hybridized carbons (Fsp3) is 0.300. The number of rotatable bonds is 7. The molecule has 0 bridgehead atoms. The number of benzene rings is 2. The van der Waals surface area contributed by atoms with Gasteiger partial charge in [-0.25, -0.2) is 9.18 Å². The first-order chi connectivity index (χ1) is 12.6. The van der Waals surface area contributed by atoms with Crippen molar-refractivity contribution in [3.8, 4) is 0 Å². The number of nitrogens with zero attached hydrogens (tertiary/aromatic N) is 1. The van der Waals surface area contributed by atoms with E-state index in [0.29, 0.717) is 42.8 Å². The Balaban J connectivity index is 1.88. The number of halogens is 1. The largest absolute Gasteiger partial charge is 0.447 e. The van der Waals surface area contributed by atoms with E-state index in [1.54, 1.807) is 36.4 Å². The zero-order valence-electron chi connectivity index (χ0n) is 14.2. The van der Waals surface area contributed by atoms with Gasteiger partial charge < -0.3 is 9.84 Å². The molecule has 1 atom stereocenters. The van der Waals surface area contributed by atoms with Crippen molar-refractivity contribution in [3.63, 3.8) is 0 Å². The van der Waals surface area contributed by atoms with Crippen molar-refractivity contribution in [2.45, 2.75) is 18.8 Å². The van der Waals surface area contributed by atoms with Gasteiger partial charge in [0.05, 0.1) is 6.54 Å². The minimum atomic E-state index is -0.483. The predicted molar refractivity (Wildman–Crippen MR) is 94.9 cm³/mol. The molecule has 1 aliphatic heterocycles. The first-order valence-electron chi connectivity index (χ1n) is 8.55. The van der Waals surface area contributed by atoms with Crippen LogP contribution in [0.5, 0.6) is 0 Å². The number of hydrogen-bond acceptors (Lipinski definition) is 4. The first kappa shape index (κ1) is 18.1. The minimum absolute atomic E-state index is 0.0232. The van der Waals surface area contributed by atoms with Gasteiger partial charge in [0.1, 0.15) is 12.4 Å². The summed E-state index contributed by atoms with van der Waals surface area (Å²) in [5, 5.41) is 9.15. The van der Waals surface area contributed by atoms with E-state index >= 15 is 0 Å². The van der Waals surface area contributed by atoms with Crippen LogP contribution in [-0.2, 0) is 4.74 Å². The monoisotopic (exact) mass is 357 g/mol. The Hall–Kier alpha value is -2.73. The van der Waals surface area contributed by atoms with Crippen molar-refractivity contribution in [3.05, 3.63) is 65.5 Å². The fourth-order valence-electron chi connectivity index (χ4n) is 3.10. The molecular formula is C20H20FNO4. The van der Waals surface area contributed by atoms with Gasteiger partial charge in [0.2, 0.25) is 0 Å². The van der Waals surface area contributed by atoms with Crippen LogP contribution >= 0.6 is 0 Å². The van der Waals surface area contributed by atoms with Crippen molar-refractivity contribution in [1.29, 1.82) is 0 Å². The van der Waals surface area contributed by atoms with Crippen LogP contribution in [0.1, 0.15) is 34.7 Å². The quantitative estimate of drug-likeness (QED) is 0.770. The molecule has 0 spiro atoms. The number of Topliss-reactive ketones (excluding diaryl/α,β-unsaturated/α-hetero) is 1. The summed E-state index contributed by atoms with van der Waals surface area (Å²) in [5.41, 5.74) is 1.78. The Morgan fingerprint density at radius 2 is 2.00 bits per heavy atom. The highest BCUT2D eigenvalue weighted by Crippen LogP contribution is 2.28. The second-order valence-electron chi connectivity index (χ2n) is 6.15. The highest BCUT2D eigenvalue weighted by Gasteiger charge is 2.26. The van der Waals surface area contributed by atoms with Gasteiger partial charge in [-0.15, -0.1) is 0 Å². The molecule has 1 fully saturated rings. The number of carbonyl (C=O) groups is 2. The summed E-state index contributed by atoms with van der Waals surface area (Å²) in [4.78, 5) is 26.3. The minimum Gasteiger partial charge on any atom is -0.447 e. The molecule has 1 N–H and O–H groups in total. The molecule has 136 valence electrons. The van der Waals surface area contributed by atoms with E-state index in [-0.39, 0.29) is 18.2 Å². The molecule has 1 aliphatic rings. The summed E-state index contributed by atoms with van der Waals surface area (Å²) in [5.74, 6) is -0.973. The van der Waals surface area contributed by atoms with Crippen LogP contribution in [0.4, 0.5) is 14.9 Å². The number of aliphatic hydroxyl groups excluding tert-OH is 1. The fourth-order valence-corrected chi connectivity index (χ4v) is 3.10. The topological polar surface area (TPSA) is 66.8 Å². The molecule has 1 saturated heterocycles. The van der Waals surface area contributed by atoms with Crippen molar-refractivity contribution < 1.29 is 23.8 Å². The molecule has 2 aromatic carbocycles. The Bertz CT molecular complexity index is 791. The smallest absolute Gasteiger partial charge is 0.414 e. The first-order valence-corrected chi connectivity index (χ1v) is 8.55. The molecule has 0 radical (unpaired) electrons. The lowest BCUT2D eigenvalue weighted by Gasteiger charge is -2.18. The molecule has 0 aromatic heterocycles. The number of anilines is 1. The third kappa shape index (κ3) is 3.91. The van der Waals surface area contributed by atoms with Gasteiger partial charge in [0.25, 0.3) is 0 Å². The van der Waals surface area contributed by atoms with Gasteiger partial charge >= 0.3 is 6.09 Å². The Kier molecular flexibility index (Phi) is 5.63. The lowest BCUT2D eigenvalue weighted by atomic mass is 9.87. The number of amides is 1. The molecule has 0 aliphatic carbocycles. The number of ketones is 1. The zero-order valence-corrected chi connectivity index (χ0v) is 14.2. The number of aliphatic hydroxyl groups is 1. The van der Waals surface area contributed by atoms with Crippen LogP contribution in [0.25, 0.3) is 0 Å². The van der Waals surface area contributed by atoms with Crippen molar-refractivity contribution in [2.24, 2.45) is 0 Å². The molecule has 1 amide bonds. The maximum Gasteiger partial charge on any atom is 0.414 e. The summed E-state index contributed by atoms with van der Waals surface area (Å²) >= 11 is 0. The van der Waals surface area contributed by atoms with Crippen molar-refractivity contribution >= 4 is 17.6 Å². The molecular weight excluding hydrogens is 337 g/mol. The third-order valence-electron chi connectivity index (χ3n) is 4.44. The van der Waals surface area contributed by atoms with Gasteiger partial charge in [0.15, 0.2) is 5.78 Å². The molecule has 3 rings (SSSR count). The number of cyclic esters (lactones) is 1. The summed E-state index contributed by atoms with van der Waals surface area (Å²) in [6.07, 6.45) is 0.494. The van der Waals surface area contributed by atoms with E-state index in [9.17, 15) is 14.0 Å². The van der Waals surface area contributed by atoms with E-state index < -0.39 is 12.0 Å². The summed E-state index contributed by atoms with van der Waals surface area (Å²) in [6.45, 7) is 0.749. The van der Waals surface area contributed by atoms with E-state index in [1.807, 2.05) is 0 Å². The van der Waals surface area contributed by atoms with Gasteiger partial charge in [0, 0.05) is 23.8 Å². The summed E-state index contributed by atoms with van der Waals surface area (Å²) in [7, 11) is 0. The number of carbonyl (C=O) groups excluding carboxylic acids is 2. The molecule has 6 heteroatoms. The third-order valence-corrected chi connectivity index (χ3v) is 4.44. The van der Waals surface area contributed by atoms with Crippen LogP contribution in [0.2, 0.25) is 0 Å². The molecule has 0 saturated carbocycles. The van der Waals surface area contributed by atoms with E-state index in [2.05, 4.69) is 0 Å². The molecule has 2 aromatic rings. The van der Waals surface area contributed by atoms with Gasteiger partial charge in [-0.1, -0.05) is 24.3 Å². The maximum atomic E-state index is 13.2. The standard InChI is InChI=1S/C20H20FNO4/c21-16-8-6-14(7-9-16)18(5-2-11-23)19(24)15-3-1-4-17(13-15)22-10-12-26-20(22)25/h1,3-4,6-9,13,18,23H,2,5,10-12H2. The van der Waals surface area contributed by atoms with Crippen LogP contribution in [0, 0.1) is 5.82 Å². The van der Waals surface area contributed by atoms with Crippen LogP contribution in [0.3, 0.4) is 0 Å².